The van der Waals surface area contributed by atoms with Crippen LogP contribution in [0.1, 0.15) is 25.6 Å². The molecule has 0 aromatic carbocycles. The third kappa shape index (κ3) is 2.46. The van der Waals surface area contributed by atoms with Crippen molar-refractivity contribution in [2.24, 2.45) is 12.5 Å². The van der Waals surface area contributed by atoms with E-state index < -0.39 is 0 Å². The largest absolute Gasteiger partial charge is 0.348 e. The van der Waals surface area contributed by atoms with Crippen molar-refractivity contribution in [3.05, 3.63) is 12.2 Å². The van der Waals surface area contributed by atoms with Crippen LogP contribution in [0.2, 0.25) is 0 Å². The van der Waals surface area contributed by atoms with Gasteiger partial charge in [0.25, 0.3) is 0 Å². The Bertz CT molecular complexity index is 394. The summed E-state index contributed by atoms with van der Waals surface area (Å²) < 4.78 is 1.63. The van der Waals surface area contributed by atoms with E-state index in [1.807, 2.05) is 7.05 Å². The van der Waals surface area contributed by atoms with Gasteiger partial charge in [-0.15, -0.1) is 0 Å². The zero-order valence-corrected chi connectivity index (χ0v) is 10.4. The molecule has 0 radical (unpaired) electrons. The molecule has 1 aliphatic rings. The van der Waals surface area contributed by atoms with Gasteiger partial charge in [-0.05, 0) is 19.4 Å². The Morgan fingerprint density at radius 1 is 1.71 bits per heavy atom. The van der Waals surface area contributed by atoms with Crippen LogP contribution < -0.4 is 10.6 Å². The summed E-state index contributed by atoms with van der Waals surface area (Å²) in [4.78, 5) is 16.2. The number of aryl methyl sites for hydroxylation is 1. The van der Waals surface area contributed by atoms with Crippen molar-refractivity contribution in [2.45, 2.75) is 26.3 Å². The lowest BCUT2D eigenvalue weighted by atomic mass is 9.83. The smallest absolute Gasteiger partial charge is 0.227 e. The Labute approximate surface area is 101 Å². The summed E-state index contributed by atoms with van der Waals surface area (Å²) in [6, 6.07) is 0. The monoisotopic (exact) mass is 237 g/mol. The molecule has 0 aliphatic carbocycles. The summed E-state index contributed by atoms with van der Waals surface area (Å²) in [6.07, 6.45) is 3.40. The lowest BCUT2D eigenvalue weighted by Crippen LogP contribution is -2.42. The molecule has 2 heterocycles. The van der Waals surface area contributed by atoms with Gasteiger partial charge in [-0.2, -0.15) is 5.10 Å². The van der Waals surface area contributed by atoms with E-state index in [-0.39, 0.29) is 11.3 Å². The first kappa shape index (κ1) is 12.0. The highest BCUT2D eigenvalue weighted by molar-refractivity contribution is 5.83. The van der Waals surface area contributed by atoms with E-state index in [9.17, 15) is 4.79 Å². The maximum Gasteiger partial charge on any atom is 0.227 e. The molecule has 94 valence electrons. The van der Waals surface area contributed by atoms with Gasteiger partial charge >= 0.3 is 0 Å². The predicted octanol–water partition coefficient (Wildman–Crippen LogP) is -0.179. The summed E-state index contributed by atoms with van der Waals surface area (Å²) in [5.41, 5.74) is -0.241. The molecule has 1 amide bonds. The van der Waals surface area contributed by atoms with E-state index in [4.69, 9.17) is 0 Å². The van der Waals surface area contributed by atoms with E-state index >= 15 is 0 Å². The van der Waals surface area contributed by atoms with Gasteiger partial charge in [-0.25, -0.2) is 4.98 Å². The van der Waals surface area contributed by atoms with Gasteiger partial charge < -0.3 is 10.6 Å². The lowest BCUT2D eigenvalue weighted by molar-refractivity contribution is -0.130. The molecule has 2 rings (SSSR count). The van der Waals surface area contributed by atoms with Crippen LogP contribution in [0.4, 0.5) is 0 Å². The first-order valence-electron chi connectivity index (χ1n) is 6.00. The first-order chi connectivity index (χ1) is 8.16. The van der Waals surface area contributed by atoms with Crippen LogP contribution in [0.5, 0.6) is 0 Å². The van der Waals surface area contributed by atoms with Gasteiger partial charge in [-0.1, -0.05) is 6.92 Å². The average Bonchev–Trinajstić information content (AvgIpc) is 2.95. The molecule has 6 nitrogen and oxygen atoms in total. The average molecular weight is 237 g/mol. The Balaban J connectivity index is 1.92. The van der Waals surface area contributed by atoms with Crippen LogP contribution in [-0.2, 0) is 18.4 Å². The number of nitrogens with zero attached hydrogens (tertiary/aromatic N) is 3. The van der Waals surface area contributed by atoms with E-state index in [0.29, 0.717) is 12.4 Å². The molecule has 17 heavy (non-hydrogen) atoms. The number of hydrogen-bond acceptors (Lipinski definition) is 4. The topological polar surface area (TPSA) is 71.8 Å². The standard InChI is InChI=1S/C11H19N5O/c1-3-11(4-5-12-7-11)10(17)13-6-9-14-8-16(2)15-9/h8,12H,3-7H2,1-2H3,(H,13,17). The molecule has 0 saturated carbocycles. The maximum absolute atomic E-state index is 12.2. The van der Waals surface area contributed by atoms with Crippen molar-refractivity contribution in [3.63, 3.8) is 0 Å². The fourth-order valence-electron chi connectivity index (χ4n) is 2.21. The fourth-order valence-corrected chi connectivity index (χ4v) is 2.21. The molecule has 1 unspecified atom stereocenters. The number of amides is 1. The number of aromatic nitrogens is 3. The second kappa shape index (κ2) is 4.83. The van der Waals surface area contributed by atoms with Gasteiger partial charge in [0.2, 0.25) is 5.91 Å². The second-order valence-corrected chi connectivity index (χ2v) is 4.58. The molecule has 1 saturated heterocycles. The molecule has 1 aromatic rings. The highest BCUT2D eigenvalue weighted by Gasteiger charge is 2.39. The van der Waals surface area contributed by atoms with Crippen LogP contribution >= 0.6 is 0 Å². The molecule has 1 atom stereocenters. The zero-order valence-electron chi connectivity index (χ0n) is 10.4. The number of hydrogen-bond donors (Lipinski definition) is 2. The van der Waals surface area contributed by atoms with E-state index in [1.165, 1.54) is 0 Å². The summed E-state index contributed by atoms with van der Waals surface area (Å²) in [7, 11) is 1.81. The van der Waals surface area contributed by atoms with Crippen molar-refractivity contribution < 1.29 is 4.79 Å². The van der Waals surface area contributed by atoms with Crippen molar-refractivity contribution in [1.29, 1.82) is 0 Å². The SMILES string of the molecule is CCC1(C(=O)NCc2ncn(C)n2)CCNC1. The van der Waals surface area contributed by atoms with Crippen molar-refractivity contribution in [3.8, 4) is 0 Å². The van der Waals surface area contributed by atoms with E-state index in [1.54, 1.807) is 11.0 Å². The molecule has 1 fully saturated rings. The normalized spacial score (nSPS) is 23.9. The minimum atomic E-state index is -0.241. The molecule has 2 N–H and O–H groups in total. The molecule has 0 spiro atoms. The van der Waals surface area contributed by atoms with Crippen LogP contribution in [0.3, 0.4) is 0 Å². The highest BCUT2D eigenvalue weighted by atomic mass is 16.2. The minimum absolute atomic E-state index is 0.109. The molecule has 0 bridgehead atoms. The van der Waals surface area contributed by atoms with Gasteiger partial charge in [0, 0.05) is 13.6 Å². The minimum Gasteiger partial charge on any atom is -0.348 e. The Morgan fingerprint density at radius 3 is 3.06 bits per heavy atom. The third-order valence-corrected chi connectivity index (χ3v) is 3.46. The Morgan fingerprint density at radius 2 is 2.53 bits per heavy atom. The maximum atomic E-state index is 12.2. The van der Waals surface area contributed by atoms with E-state index in [2.05, 4.69) is 27.6 Å². The molecular formula is C11H19N5O. The van der Waals surface area contributed by atoms with Crippen molar-refractivity contribution in [2.75, 3.05) is 13.1 Å². The van der Waals surface area contributed by atoms with Gasteiger partial charge in [0.1, 0.15) is 6.33 Å². The fraction of sp³-hybridized carbons (Fsp3) is 0.727. The Kier molecular flexibility index (Phi) is 3.42. The quantitative estimate of drug-likeness (QED) is 0.762. The van der Waals surface area contributed by atoms with Crippen LogP contribution in [0.15, 0.2) is 6.33 Å². The van der Waals surface area contributed by atoms with E-state index in [0.717, 1.165) is 25.9 Å². The van der Waals surface area contributed by atoms with Gasteiger partial charge in [-0.3, -0.25) is 9.48 Å². The first-order valence-corrected chi connectivity index (χ1v) is 6.00. The molecule has 6 heteroatoms. The van der Waals surface area contributed by atoms with Crippen molar-refractivity contribution >= 4 is 5.91 Å². The van der Waals surface area contributed by atoms with Gasteiger partial charge in [0.05, 0.1) is 12.0 Å². The molecular weight excluding hydrogens is 218 g/mol. The zero-order chi connectivity index (χ0) is 12.3. The summed E-state index contributed by atoms with van der Waals surface area (Å²) in [5.74, 6) is 0.760. The number of carbonyl (C=O) groups excluding carboxylic acids is 1. The number of rotatable bonds is 4. The Hall–Kier alpha value is -1.43. The summed E-state index contributed by atoms with van der Waals surface area (Å²) >= 11 is 0. The van der Waals surface area contributed by atoms with Crippen molar-refractivity contribution in [1.82, 2.24) is 25.4 Å². The highest BCUT2D eigenvalue weighted by Crippen LogP contribution is 2.29. The lowest BCUT2D eigenvalue weighted by Gasteiger charge is -2.24. The van der Waals surface area contributed by atoms with Gasteiger partial charge in [0.15, 0.2) is 5.82 Å². The second-order valence-electron chi connectivity index (χ2n) is 4.58. The third-order valence-electron chi connectivity index (χ3n) is 3.46. The van der Waals surface area contributed by atoms with Crippen LogP contribution in [0.25, 0.3) is 0 Å². The summed E-state index contributed by atoms with van der Waals surface area (Å²) in [5, 5.41) is 10.3. The number of nitrogens with one attached hydrogen (secondary N) is 2. The number of carbonyl (C=O) groups is 1. The summed E-state index contributed by atoms with van der Waals surface area (Å²) in [6.45, 7) is 4.15. The molecule has 1 aliphatic heterocycles. The van der Waals surface area contributed by atoms with Crippen LogP contribution in [-0.4, -0.2) is 33.8 Å². The molecule has 1 aromatic heterocycles. The predicted molar refractivity (Wildman–Crippen MR) is 63.1 cm³/mol. The van der Waals surface area contributed by atoms with Crippen LogP contribution in [0, 0.1) is 5.41 Å².